The number of benzene rings is 2. The molecular formula is C27H27N3O3. The smallest absolute Gasteiger partial charge is 0.278 e. The Bertz CT molecular complexity index is 1220. The van der Waals surface area contributed by atoms with Crippen LogP contribution in [0.25, 0.3) is 5.57 Å². The van der Waals surface area contributed by atoms with Gasteiger partial charge in [0.05, 0.1) is 24.4 Å². The maximum absolute atomic E-state index is 13.5. The molecule has 0 aliphatic carbocycles. The van der Waals surface area contributed by atoms with Crippen molar-refractivity contribution in [2.75, 3.05) is 11.9 Å². The van der Waals surface area contributed by atoms with Crippen LogP contribution in [-0.4, -0.2) is 28.3 Å². The normalized spacial score (nSPS) is 13.6. The first kappa shape index (κ1) is 22.3. The summed E-state index contributed by atoms with van der Waals surface area (Å²) in [6.45, 7) is 6.71. The first-order valence-electron chi connectivity index (χ1n) is 11.1. The second-order valence-electron chi connectivity index (χ2n) is 8.09. The highest BCUT2D eigenvalue weighted by atomic mass is 16.5. The van der Waals surface area contributed by atoms with E-state index in [1.165, 1.54) is 4.90 Å². The second-order valence-corrected chi connectivity index (χ2v) is 8.09. The molecular weight excluding hydrogens is 414 g/mol. The standard InChI is InChI=1S/C27H27N3O3/c1-4-14-33-22-10-7-9-20(16-22)29-25-24(23-12-11-18(2)15-19(23)3)26(31)30(27(25)32)17-21-8-5-6-13-28-21/h5-13,15-16,29H,4,14,17H2,1-3H3. The number of anilines is 1. The Labute approximate surface area is 193 Å². The molecule has 6 nitrogen and oxygen atoms in total. The van der Waals surface area contributed by atoms with Crippen LogP contribution in [0.5, 0.6) is 5.75 Å². The van der Waals surface area contributed by atoms with Gasteiger partial charge in [0, 0.05) is 18.0 Å². The Balaban J connectivity index is 1.74. The largest absolute Gasteiger partial charge is 0.494 e. The average Bonchev–Trinajstić information content (AvgIpc) is 3.03. The van der Waals surface area contributed by atoms with Crippen molar-refractivity contribution in [2.45, 2.75) is 33.7 Å². The summed E-state index contributed by atoms with van der Waals surface area (Å²) in [5, 5.41) is 3.21. The minimum Gasteiger partial charge on any atom is -0.494 e. The van der Waals surface area contributed by atoms with Crippen LogP contribution in [0, 0.1) is 13.8 Å². The fraction of sp³-hybridized carbons (Fsp3) is 0.222. The van der Waals surface area contributed by atoms with Crippen molar-refractivity contribution in [1.82, 2.24) is 9.88 Å². The zero-order chi connectivity index (χ0) is 23.4. The quantitative estimate of drug-likeness (QED) is 0.505. The molecule has 2 aromatic carbocycles. The number of amides is 2. The molecule has 6 heteroatoms. The molecule has 2 amide bonds. The van der Waals surface area contributed by atoms with Crippen LogP contribution in [0.15, 0.2) is 72.6 Å². The number of imide groups is 1. The molecule has 0 saturated heterocycles. The Kier molecular flexibility index (Phi) is 6.54. The fourth-order valence-corrected chi connectivity index (χ4v) is 3.86. The second kappa shape index (κ2) is 9.69. The first-order chi connectivity index (χ1) is 16.0. The molecule has 0 atom stereocenters. The van der Waals surface area contributed by atoms with Gasteiger partial charge in [-0.2, -0.15) is 0 Å². The molecule has 33 heavy (non-hydrogen) atoms. The molecule has 1 aromatic heterocycles. The van der Waals surface area contributed by atoms with E-state index < -0.39 is 0 Å². The van der Waals surface area contributed by atoms with Gasteiger partial charge in [-0.25, -0.2) is 0 Å². The van der Waals surface area contributed by atoms with Crippen LogP contribution in [0.2, 0.25) is 0 Å². The van der Waals surface area contributed by atoms with Gasteiger partial charge < -0.3 is 10.1 Å². The summed E-state index contributed by atoms with van der Waals surface area (Å²) in [6, 6.07) is 18.7. The van der Waals surface area contributed by atoms with Gasteiger partial charge in [0.15, 0.2) is 0 Å². The average molecular weight is 442 g/mol. The Morgan fingerprint density at radius 2 is 1.82 bits per heavy atom. The number of hydrogen-bond donors (Lipinski definition) is 1. The molecule has 3 aromatic rings. The lowest BCUT2D eigenvalue weighted by Gasteiger charge is -2.15. The Morgan fingerprint density at radius 3 is 2.55 bits per heavy atom. The number of carbonyl (C=O) groups is 2. The number of nitrogens with one attached hydrogen (secondary N) is 1. The molecule has 0 spiro atoms. The predicted molar refractivity (Wildman–Crippen MR) is 128 cm³/mol. The van der Waals surface area contributed by atoms with Crippen LogP contribution in [-0.2, 0) is 16.1 Å². The van der Waals surface area contributed by atoms with Crippen molar-refractivity contribution in [1.29, 1.82) is 0 Å². The zero-order valence-corrected chi connectivity index (χ0v) is 19.1. The Morgan fingerprint density at radius 1 is 0.970 bits per heavy atom. The third kappa shape index (κ3) is 4.80. The number of rotatable bonds is 8. The van der Waals surface area contributed by atoms with Crippen LogP contribution in [0.1, 0.15) is 35.7 Å². The Hall–Kier alpha value is -3.93. The van der Waals surface area contributed by atoms with Gasteiger partial charge in [-0.1, -0.05) is 42.8 Å². The van der Waals surface area contributed by atoms with Gasteiger partial charge >= 0.3 is 0 Å². The van der Waals surface area contributed by atoms with Crippen molar-refractivity contribution < 1.29 is 14.3 Å². The number of pyridine rings is 1. The van der Waals surface area contributed by atoms with E-state index in [1.54, 1.807) is 18.3 Å². The summed E-state index contributed by atoms with van der Waals surface area (Å²) in [7, 11) is 0. The van der Waals surface area contributed by atoms with E-state index in [1.807, 2.05) is 69.3 Å². The molecule has 0 radical (unpaired) electrons. The molecule has 168 valence electrons. The third-order valence-electron chi connectivity index (χ3n) is 5.44. The maximum Gasteiger partial charge on any atom is 0.278 e. The highest BCUT2D eigenvalue weighted by Gasteiger charge is 2.40. The van der Waals surface area contributed by atoms with Gasteiger partial charge in [-0.05, 0) is 55.7 Å². The number of ether oxygens (including phenoxy) is 1. The molecule has 4 rings (SSSR count). The summed E-state index contributed by atoms with van der Waals surface area (Å²) in [5.41, 5.74) is 4.73. The number of aryl methyl sites for hydroxylation is 2. The highest BCUT2D eigenvalue weighted by molar-refractivity contribution is 6.36. The zero-order valence-electron chi connectivity index (χ0n) is 19.1. The van der Waals surface area contributed by atoms with E-state index in [4.69, 9.17) is 4.74 Å². The van der Waals surface area contributed by atoms with E-state index in [9.17, 15) is 9.59 Å². The van der Waals surface area contributed by atoms with E-state index in [0.717, 1.165) is 23.1 Å². The van der Waals surface area contributed by atoms with E-state index in [-0.39, 0.29) is 24.1 Å². The molecule has 0 fully saturated rings. The van der Waals surface area contributed by atoms with Gasteiger partial charge in [0.2, 0.25) is 0 Å². The van der Waals surface area contributed by atoms with E-state index >= 15 is 0 Å². The minimum atomic E-state index is -0.375. The van der Waals surface area contributed by atoms with Crippen molar-refractivity contribution in [3.05, 3.63) is 94.9 Å². The molecule has 0 saturated carbocycles. The topological polar surface area (TPSA) is 71.5 Å². The summed E-state index contributed by atoms with van der Waals surface area (Å²) < 4.78 is 5.73. The summed E-state index contributed by atoms with van der Waals surface area (Å²) in [4.78, 5) is 32.5. The van der Waals surface area contributed by atoms with Crippen molar-refractivity contribution >= 4 is 23.1 Å². The molecule has 1 aliphatic heterocycles. The number of aromatic nitrogens is 1. The lowest BCUT2D eigenvalue weighted by molar-refractivity contribution is -0.137. The van der Waals surface area contributed by atoms with Gasteiger partial charge in [0.25, 0.3) is 11.8 Å². The molecule has 0 bridgehead atoms. The van der Waals surface area contributed by atoms with Gasteiger partial charge in [-0.15, -0.1) is 0 Å². The van der Waals surface area contributed by atoms with Crippen LogP contribution < -0.4 is 10.1 Å². The number of nitrogens with zero attached hydrogens (tertiary/aromatic N) is 2. The SMILES string of the molecule is CCCOc1cccc(NC2=C(c3ccc(C)cc3C)C(=O)N(Cc3ccccn3)C2=O)c1. The summed E-state index contributed by atoms with van der Waals surface area (Å²) in [5.74, 6) is -0.00312. The minimum absolute atomic E-state index is 0.109. The molecule has 1 aliphatic rings. The monoisotopic (exact) mass is 441 g/mol. The van der Waals surface area contributed by atoms with E-state index in [0.29, 0.717) is 29.3 Å². The van der Waals surface area contributed by atoms with Crippen molar-refractivity contribution in [3.63, 3.8) is 0 Å². The summed E-state index contributed by atoms with van der Waals surface area (Å²) in [6.07, 6.45) is 2.55. The maximum atomic E-state index is 13.5. The lowest BCUT2D eigenvalue weighted by Crippen LogP contribution is -2.32. The van der Waals surface area contributed by atoms with Crippen LogP contribution in [0.4, 0.5) is 5.69 Å². The number of carbonyl (C=O) groups excluding carboxylic acids is 2. The molecule has 1 N–H and O–H groups in total. The number of hydrogen-bond acceptors (Lipinski definition) is 5. The predicted octanol–water partition coefficient (Wildman–Crippen LogP) is 4.88. The first-order valence-corrected chi connectivity index (χ1v) is 11.1. The summed E-state index contributed by atoms with van der Waals surface area (Å²) >= 11 is 0. The van der Waals surface area contributed by atoms with Gasteiger partial charge in [0.1, 0.15) is 11.4 Å². The van der Waals surface area contributed by atoms with Crippen molar-refractivity contribution in [3.8, 4) is 5.75 Å². The van der Waals surface area contributed by atoms with Crippen LogP contribution >= 0.6 is 0 Å². The van der Waals surface area contributed by atoms with Crippen molar-refractivity contribution in [2.24, 2.45) is 0 Å². The molecule has 2 heterocycles. The van der Waals surface area contributed by atoms with Crippen LogP contribution in [0.3, 0.4) is 0 Å². The van der Waals surface area contributed by atoms with Gasteiger partial charge in [-0.3, -0.25) is 19.5 Å². The third-order valence-corrected chi connectivity index (χ3v) is 5.44. The fourth-order valence-electron chi connectivity index (χ4n) is 3.86. The van der Waals surface area contributed by atoms with E-state index in [2.05, 4.69) is 10.3 Å². The molecule has 0 unspecified atom stereocenters. The lowest BCUT2D eigenvalue weighted by atomic mass is 9.97. The highest BCUT2D eigenvalue weighted by Crippen LogP contribution is 2.33.